The maximum Gasteiger partial charge on any atom is 0.254 e. The highest BCUT2D eigenvalue weighted by atomic mass is 19.1. The lowest BCUT2D eigenvalue weighted by Crippen LogP contribution is -2.27. The first kappa shape index (κ1) is 18.3. The first-order valence-electron chi connectivity index (χ1n) is 9.63. The summed E-state index contributed by atoms with van der Waals surface area (Å²) < 4.78 is 16.9. The molecule has 0 saturated carbocycles. The number of nitrogens with zero attached hydrogens (tertiary/aromatic N) is 5. The van der Waals surface area contributed by atoms with Crippen LogP contribution in [0.4, 0.5) is 4.39 Å². The molecule has 28 heavy (non-hydrogen) atoms. The van der Waals surface area contributed by atoms with E-state index in [1.807, 2.05) is 6.92 Å². The van der Waals surface area contributed by atoms with Crippen LogP contribution in [0.3, 0.4) is 0 Å². The third-order valence-corrected chi connectivity index (χ3v) is 5.15. The molecule has 7 nitrogen and oxygen atoms in total. The summed E-state index contributed by atoms with van der Waals surface area (Å²) in [6, 6.07) is 6.01. The average molecular weight is 382 g/mol. The van der Waals surface area contributed by atoms with Crippen molar-refractivity contribution in [3.8, 4) is 5.69 Å². The van der Waals surface area contributed by atoms with Gasteiger partial charge in [0.05, 0.1) is 23.1 Å². The van der Waals surface area contributed by atoms with Crippen LogP contribution in [0.1, 0.15) is 47.0 Å². The van der Waals surface area contributed by atoms with Crippen molar-refractivity contribution < 1.29 is 9.18 Å². The first-order chi connectivity index (χ1) is 13.6. The van der Waals surface area contributed by atoms with Crippen molar-refractivity contribution in [3.63, 3.8) is 0 Å². The Labute approximate surface area is 162 Å². The molecular weight excluding hydrogens is 359 g/mol. The van der Waals surface area contributed by atoms with E-state index < -0.39 is 0 Å². The van der Waals surface area contributed by atoms with Crippen LogP contribution in [-0.4, -0.2) is 37.0 Å². The Morgan fingerprint density at radius 3 is 2.82 bits per heavy atom. The SMILES string of the molecule is Cc1c(C(=O)NCCc2nnc3n2CCCCC3)cnn1-c1ccc(F)cc1. The molecule has 3 heterocycles. The lowest BCUT2D eigenvalue weighted by Gasteiger charge is -2.08. The summed E-state index contributed by atoms with van der Waals surface area (Å²) in [5.41, 5.74) is 1.92. The molecule has 0 fully saturated rings. The molecule has 8 heteroatoms. The number of hydrogen-bond donors (Lipinski definition) is 1. The summed E-state index contributed by atoms with van der Waals surface area (Å²) in [4.78, 5) is 12.6. The van der Waals surface area contributed by atoms with Crippen LogP contribution >= 0.6 is 0 Å². The molecular formula is C20H23FN6O. The van der Waals surface area contributed by atoms with Crippen molar-refractivity contribution in [2.45, 2.75) is 45.6 Å². The Balaban J connectivity index is 1.40. The second kappa shape index (κ2) is 7.92. The van der Waals surface area contributed by atoms with Crippen molar-refractivity contribution in [1.29, 1.82) is 0 Å². The number of carbonyl (C=O) groups excluding carboxylic acids is 1. The Morgan fingerprint density at radius 2 is 2.00 bits per heavy atom. The molecule has 0 saturated heterocycles. The predicted molar refractivity (Wildman–Crippen MR) is 102 cm³/mol. The smallest absolute Gasteiger partial charge is 0.254 e. The minimum absolute atomic E-state index is 0.179. The molecule has 4 rings (SSSR count). The lowest BCUT2D eigenvalue weighted by atomic mass is 10.2. The summed E-state index contributed by atoms with van der Waals surface area (Å²) in [7, 11) is 0. The number of nitrogens with one attached hydrogen (secondary N) is 1. The summed E-state index contributed by atoms with van der Waals surface area (Å²) >= 11 is 0. The Hall–Kier alpha value is -3.03. The molecule has 1 amide bonds. The van der Waals surface area contributed by atoms with E-state index in [1.54, 1.807) is 16.8 Å². The molecule has 0 bridgehead atoms. The molecule has 3 aromatic rings. The van der Waals surface area contributed by atoms with E-state index in [4.69, 9.17) is 0 Å². The molecule has 0 atom stereocenters. The van der Waals surface area contributed by atoms with Gasteiger partial charge in [-0.25, -0.2) is 9.07 Å². The van der Waals surface area contributed by atoms with Crippen LogP contribution in [0.5, 0.6) is 0 Å². The van der Waals surface area contributed by atoms with Crippen molar-refractivity contribution in [1.82, 2.24) is 29.9 Å². The number of hydrogen-bond acceptors (Lipinski definition) is 4. The van der Waals surface area contributed by atoms with E-state index in [9.17, 15) is 9.18 Å². The normalized spacial score (nSPS) is 13.8. The fourth-order valence-corrected chi connectivity index (χ4v) is 3.59. The number of aryl methyl sites for hydroxylation is 1. The first-order valence-corrected chi connectivity index (χ1v) is 9.63. The van der Waals surface area contributed by atoms with E-state index in [1.165, 1.54) is 24.8 Å². The van der Waals surface area contributed by atoms with Gasteiger partial charge in [0.15, 0.2) is 0 Å². The maximum atomic E-state index is 13.1. The molecule has 1 aliphatic rings. The molecule has 0 aliphatic carbocycles. The second-order valence-corrected chi connectivity index (χ2v) is 7.03. The Morgan fingerprint density at radius 1 is 1.18 bits per heavy atom. The third-order valence-electron chi connectivity index (χ3n) is 5.15. The number of amides is 1. The zero-order valence-electron chi connectivity index (χ0n) is 15.9. The van der Waals surface area contributed by atoms with Gasteiger partial charge in [0.2, 0.25) is 0 Å². The molecule has 1 N–H and O–H groups in total. The number of rotatable bonds is 5. The van der Waals surface area contributed by atoms with Gasteiger partial charge < -0.3 is 9.88 Å². The summed E-state index contributed by atoms with van der Waals surface area (Å²) in [6.07, 6.45) is 6.68. The fourth-order valence-electron chi connectivity index (χ4n) is 3.59. The molecule has 0 unspecified atom stereocenters. The van der Waals surface area contributed by atoms with Gasteiger partial charge in [-0.05, 0) is 44.0 Å². The minimum Gasteiger partial charge on any atom is -0.351 e. The topological polar surface area (TPSA) is 77.6 Å². The van der Waals surface area contributed by atoms with Crippen LogP contribution in [0.25, 0.3) is 5.69 Å². The molecule has 1 aromatic carbocycles. The quantitative estimate of drug-likeness (QED) is 0.736. The average Bonchev–Trinajstić information content (AvgIpc) is 3.17. The third kappa shape index (κ3) is 3.67. The van der Waals surface area contributed by atoms with Crippen molar-refractivity contribution in [2.75, 3.05) is 6.54 Å². The number of carbonyl (C=O) groups is 1. The molecule has 2 aromatic heterocycles. The van der Waals surface area contributed by atoms with Crippen LogP contribution in [-0.2, 0) is 19.4 Å². The van der Waals surface area contributed by atoms with Crippen LogP contribution in [0.2, 0.25) is 0 Å². The molecule has 1 aliphatic heterocycles. The summed E-state index contributed by atoms with van der Waals surface area (Å²) in [5.74, 6) is 1.49. The van der Waals surface area contributed by atoms with Crippen molar-refractivity contribution in [3.05, 3.63) is 59.2 Å². The van der Waals surface area contributed by atoms with Crippen molar-refractivity contribution in [2.24, 2.45) is 0 Å². The molecule has 146 valence electrons. The van der Waals surface area contributed by atoms with Gasteiger partial charge in [-0.3, -0.25) is 4.79 Å². The zero-order valence-corrected chi connectivity index (χ0v) is 15.9. The summed E-state index contributed by atoms with van der Waals surface area (Å²) in [5, 5.41) is 15.8. The number of benzene rings is 1. The number of halogens is 1. The highest BCUT2D eigenvalue weighted by Gasteiger charge is 2.17. The van der Waals surface area contributed by atoms with Gasteiger partial charge >= 0.3 is 0 Å². The van der Waals surface area contributed by atoms with Gasteiger partial charge in [-0.2, -0.15) is 5.10 Å². The Bertz CT molecular complexity index is 975. The number of aromatic nitrogens is 5. The van der Waals surface area contributed by atoms with Crippen LogP contribution in [0.15, 0.2) is 30.5 Å². The predicted octanol–water partition coefficient (Wildman–Crippen LogP) is 2.61. The minimum atomic E-state index is -0.308. The van der Waals surface area contributed by atoms with Crippen molar-refractivity contribution >= 4 is 5.91 Å². The van der Waals surface area contributed by atoms with Crippen LogP contribution < -0.4 is 5.32 Å². The van der Waals surface area contributed by atoms with Gasteiger partial charge in [0, 0.05) is 25.9 Å². The largest absolute Gasteiger partial charge is 0.351 e. The van der Waals surface area contributed by atoms with E-state index in [0.717, 1.165) is 37.5 Å². The standard InChI is InChI=1S/C20H23FN6O/c1-14-17(13-23-27(14)16-8-6-15(21)7-9-16)20(28)22-11-10-19-25-24-18-5-3-2-4-12-26(18)19/h6-9,13H,2-5,10-12H2,1H3,(H,22,28). The highest BCUT2D eigenvalue weighted by Crippen LogP contribution is 2.16. The monoisotopic (exact) mass is 382 g/mol. The zero-order chi connectivity index (χ0) is 19.5. The second-order valence-electron chi connectivity index (χ2n) is 7.03. The highest BCUT2D eigenvalue weighted by molar-refractivity contribution is 5.95. The van der Waals surface area contributed by atoms with Crippen LogP contribution in [0, 0.1) is 12.7 Å². The Kier molecular flexibility index (Phi) is 5.18. The maximum absolute atomic E-state index is 13.1. The number of fused-ring (bicyclic) bond motifs is 1. The van der Waals surface area contributed by atoms with Gasteiger partial charge in [-0.15, -0.1) is 10.2 Å². The van der Waals surface area contributed by atoms with E-state index in [2.05, 4.69) is 25.2 Å². The van der Waals surface area contributed by atoms with E-state index >= 15 is 0 Å². The van der Waals surface area contributed by atoms with Gasteiger partial charge in [0.1, 0.15) is 17.5 Å². The molecule has 0 spiro atoms. The van der Waals surface area contributed by atoms with Gasteiger partial charge in [0.25, 0.3) is 5.91 Å². The lowest BCUT2D eigenvalue weighted by molar-refractivity contribution is 0.0953. The van der Waals surface area contributed by atoms with Gasteiger partial charge in [-0.1, -0.05) is 6.42 Å². The van der Waals surface area contributed by atoms with E-state index in [-0.39, 0.29) is 11.7 Å². The fraction of sp³-hybridized carbons (Fsp3) is 0.400. The molecule has 0 radical (unpaired) electrons. The van der Waals surface area contributed by atoms with E-state index in [0.29, 0.717) is 29.9 Å². The summed E-state index contributed by atoms with van der Waals surface area (Å²) in [6.45, 7) is 3.26.